The van der Waals surface area contributed by atoms with E-state index < -0.39 is 34.9 Å². The number of esters is 2. The van der Waals surface area contributed by atoms with Crippen LogP contribution in [0, 0.1) is 18.8 Å². The number of carbonyl (C=O) groups is 4. The van der Waals surface area contributed by atoms with Crippen molar-refractivity contribution in [3.8, 4) is 0 Å². The molecule has 31 heavy (non-hydrogen) atoms. The number of hydrogen-bond acceptors (Lipinski definition) is 7. The van der Waals surface area contributed by atoms with E-state index in [2.05, 4.69) is 36.4 Å². The zero-order valence-corrected chi connectivity index (χ0v) is 18.2. The van der Waals surface area contributed by atoms with Crippen molar-refractivity contribution in [2.75, 3.05) is 25.1 Å². The van der Waals surface area contributed by atoms with Crippen molar-refractivity contribution in [2.45, 2.75) is 19.4 Å². The summed E-state index contributed by atoms with van der Waals surface area (Å²) in [4.78, 5) is 48.9. The predicted molar refractivity (Wildman–Crippen MR) is 119 cm³/mol. The van der Waals surface area contributed by atoms with Crippen LogP contribution in [0.25, 0.3) is 0 Å². The first-order chi connectivity index (χ1) is 14.8. The molecule has 9 heteroatoms. The van der Waals surface area contributed by atoms with Gasteiger partial charge in [0.1, 0.15) is 19.1 Å². The summed E-state index contributed by atoms with van der Waals surface area (Å²) in [5.74, 6) is -3.05. The average molecular weight is 447 g/mol. The number of benzene rings is 1. The van der Waals surface area contributed by atoms with Gasteiger partial charge in [-0.15, -0.1) is 12.6 Å². The Morgan fingerprint density at radius 2 is 1.90 bits per heavy atom. The Morgan fingerprint density at radius 3 is 2.55 bits per heavy atom. The van der Waals surface area contributed by atoms with Gasteiger partial charge < -0.3 is 20.1 Å². The summed E-state index contributed by atoms with van der Waals surface area (Å²) >= 11 is 3.82. The van der Waals surface area contributed by atoms with Gasteiger partial charge in [-0.25, -0.2) is 4.79 Å². The fraction of sp³-hybridized carbons (Fsp3) is 0.364. The zero-order chi connectivity index (χ0) is 23.0. The average Bonchev–Trinajstić information content (AvgIpc) is 3.21. The smallest absolute Gasteiger partial charge is 0.338 e. The molecule has 8 nitrogen and oxygen atoms in total. The molecule has 1 fully saturated rings. The monoisotopic (exact) mass is 446 g/mol. The molecule has 1 unspecified atom stereocenters. The minimum Gasteiger partial charge on any atom is -0.461 e. The predicted octanol–water partition coefficient (Wildman–Crippen LogP) is 2.06. The molecule has 0 spiro atoms. The van der Waals surface area contributed by atoms with Gasteiger partial charge >= 0.3 is 11.9 Å². The van der Waals surface area contributed by atoms with E-state index in [1.807, 2.05) is 0 Å². The fourth-order valence-electron chi connectivity index (χ4n) is 3.26. The Kier molecular flexibility index (Phi) is 9.02. The van der Waals surface area contributed by atoms with Gasteiger partial charge in [-0.1, -0.05) is 31.4 Å². The molecule has 1 aromatic rings. The molecule has 2 rings (SSSR count). The first-order valence-corrected chi connectivity index (χ1v) is 10.2. The number of aryl methyl sites for hydroxylation is 1. The topological polar surface area (TPSA) is 111 Å². The quantitative estimate of drug-likeness (QED) is 0.218. The van der Waals surface area contributed by atoms with Crippen LogP contribution in [0.2, 0.25) is 0 Å². The van der Waals surface area contributed by atoms with Gasteiger partial charge in [0.05, 0.1) is 11.6 Å². The largest absolute Gasteiger partial charge is 0.461 e. The third-order valence-corrected chi connectivity index (χ3v) is 5.16. The molecule has 1 aliphatic rings. The van der Waals surface area contributed by atoms with Crippen molar-refractivity contribution < 1.29 is 28.7 Å². The number of rotatable bonds is 10. The van der Waals surface area contributed by atoms with E-state index in [0.717, 1.165) is 5.56 Å². The Balaban J connectivity index is 2.06. The summed E-state index contributed by atoms with van der Waals surface area (Å²) in [6, 6.07) is 4.23. The zero-order valence-electron chi connectivity index (χ0n) is 17.3. The van der Waals surface area contributed by atoms with Crippen LogP contribution in [0.4, 0.5) is 5.69 Å². The number of hydrogen-bond donors (Lipinski definition) is 3. The lowest BCUT2D eigenvalue weighted by molar-refractivity contribution is -0.151. The number of anilines is 1. The van der Waals surface area contributed by atoms with E-state index in [0.29, 0.717) is 11.3 Å². The number of amides is 1. The van der Waals surface area contributed by atoms with Crippen LogP contribution in [-0.2, 0) is 23.9 Å². The molecule has 0 aromatic heterocycles. The Morgan fingerprint density at radius 1 is 1.23 bits per heavy atom. The van der Waals surface area contributed by atoms with E-state index in [1.54, 1.807) is 19.1 Å². The van der Waals surface area contributed by atoms with Gasteiger partial charge in [-0.05, 0) is 37.0 Å². The first-order valence-electron chi connectivity index (χ1n) is 9.71. The summed E-state index contributed by atoms with van der Waals surface area (Å²) in [7, 11) is 0. The molecule has 1 saturated heterocycles. The standard InChI is InChI=1S/C22H26N2O6S/c1-4-8-29-20(26)14-7-6-13(3)16(10-14)24-19(25)17-11-15(12-23-17)18(22(28)31)21(27)30-9-5-2/h4-7,10,15,17-18,23H,1-2,8-9,11-12H2,3H3,(H,24,25)(H,28,31)/t15-,17+,18?/m1/s1. The third-order valence-electron chi connectivity index (χ3n) is 4.88. The van der Waals surface area contributed by atoms with Crippen LogP contribution in [0.5, 0.6) is 0 Å². The van der Waals surface area contributed by atoms with Crippen molar-refractivity contribution in [3.63, 3.8) is 0 Å². The molecule has 0 saturated carbocycles. The highest BCUT2D eigenvalue weighted by atomic mass is 32.1. The highest BCUT2D eigenvalue weighted by Gasteiger charge is 2.41. The fourth-order valence-corrected chi connectivity index (χ4v) is 3.58. The molecule has 2 N–H and O–H groups in total. The van der Waals surface area contributed by atoms with Crippen LogP contribution < -0.4 is 10.6 Å². The molecular formula is C22H26N2O6S. The molecule has 1 aliphatic heterocycles. The maximum absolute atomic E-state index is 12.8. The van der Waals surface area contributed by atoms with E-state index in [1.165, 1.54) is 18.2 Å². The second kappa shape index (κ2) is 11.5. The SMILES string of the molecule is C=CCOC(=O)c1ccc(C)c(NC(=O)[C@@H]2C[C@@H](C(C(=O)S)C(=O)OCC=C)CN2)c1. The molecule has 0 radical (unpaired) electrons. The minimum atomic E-state index is -1.07. The summed E-state index contributed by atoms with van der Waals surface area (Å²) in [6.07, 6.45) is 3.13. The van der Waals surface area contributed by atoms with Gasteiger partial charge in [0.2, 0.25) is 5.91 Å². The Hall–Kier alpha value is -2.91. The lowest BCUT2D eigenvalue weighted by Crippen LogP contribution is -2.35. The van der Waals surface area contributed by atoms with Crippen molar-refractivity contribution in [1.82, 2.24) is 5.32 Å². The number of nitrogens with one attached hydrogen (secondary N) is 2. The lowest BCUT2D eigenvalue weighted by Gasteiger charge is -2.18. The third kappa shape index (κ3) is 6.53. The van der Waals surface area contributed by atoms with Crippen LogP contribution in [-0.4, -0.2) is 48.8 Å². The van der Waals surface area contributed by atoms with Crippen LogP contribution in [0.15, 0.2) is 43.5 Å². The number of ether oxygens (including phenoxy) is 2. The van der Waals surface area contributed by atoms with Crippen molar-refractivity contribution in [1.29, 1.82) is 0 Å². The van der Waals surface area contributed by atoms with E-state index in [-0.39, 0.29) is 32.1 Å². The second-order valence-corrected chi connectivity index (χ2v) is 7.54. The van der Waals surface area contributed by atoms with Crippen molar-refractivity contribution >= 4 is 41.3 Å². The lowest BCUT2D eigenvalue weighted by atomic mass is 9.90. The van der Waals surface area contributed by atoms with Crippen molar-refractivity contribution in [2.24, 2.45) is 11.8 Å². The molecule has 3 atom stereocenters. The molecule has 0 bridgehead atoms. The van der Waals surface area contributed by atoms with E-state index in [9.17, 15) is 19.2 Å². The summed E-state index contributed by atoms with van der Waals surface area (Å²) in [5, 5.41) is 5.21. The number of thiol groups is 1. The normalized spacial score (nSPS) is 18.5. The maximum Gasteiger partial charge on any atom is 0.338 e. The molecule has 1 aromatic carbocycles. The van der Waals surface area contributed by atoms with Crippen LogP contribution in [0.1, 0.15) is 22.3 Å². The second-order valence-electron chi connectivity index (χ2n) is 7.10. The molecular weight excluding hydrogens is 420 g/mol. The minimum absolute atomic E-state index is 0.00863. The van der Waals surface area contributed by atoms with Gasteiger partial charge in [0.25, 0.3) is 0 Å². The summed E-state index contributed by atoms with van der Waals surface area (Å²) < 4.78 is 10.0. The van der Waals surface area contributed by atoms with E-state index in [4.69, 9.17) is 9.47 Å². The van der Waals surface area contributed by atoms with Crippen LogP contribution in [0.3, 0.4) is 0 Å². The maximum atomic E-state index is 12.8. The summed E-state index contributed by atoms with van der Waals surface area (Å²) in [6.45, 7) is 9.12. The van der Waals surface area contributed by atoms with Crippen LogP contribution >= 0.6 is 12.6 Å². The van der Waals surface area contributed by atoms with Crippen molar-refractivity contribution in [3.05, 3.63) is 54.6 Å². The molecule has 0 aliphatic carbocycles. The molecule has 166 valence electrons. The van der Waals surface area contributed by atoms with Gasteiger partial charge in [0, 0.05) is 12.2 Å². The highest BCUT2D eigenvalue weighted by Crippen LogP contribution is 2.27. The number of carbonyl (C=O) groups excluding carboxylic acids is 4. The summed E-state index contributed by atoms with van der Waals surface area (Å²) in [5.41, 5.74) is 1.53. The Labute approximate surface area is 186 Å². The van der Waals surface area contributed by atoms with Gasteiger partial charge in [-0.2, -0.15) is 0 Å². The first kappa shape index (κ1) is 24.4. The molecule has 1 heterocycles. The van der Waals surface area contributed by atoms with Gasteiger partial charge in [-0.3, -0.25) is 14.4 Å². The highest BCUT2D eigenvalue weighted by molar-refractivity contribution is 7.96. The Bertz CT molecular complexity index is 885. The van der Waals surface area contributed by atoms with Gasteiger partial charge in [0.15, 0.2) is 5.12 Å². The molecule has 1 amide bonds. The van der Waals surface area contributed by atoms with E-state index >= 15 is 0 Å².